The zero-order valence-corrected chi connectivity index (χ0v) is 10.9. The van der Waals surface area contributed by atoms with Gasteiger partial charge in [0.25, 0.3) is 0 Å². The topological polar surface area (TPSA) is 79.9 Å². The summed E-state index contributed by atoms with van der Waals surface area (Å²) >= 11 is 0. The Kier molecular flexibility index (Phi) is 6.00. The lowest BCUT2D eigenvalue weighted by atomic mass is 10.1. The van der Waals surface area contributed by atoms with E-state index >= 15 is 0 Å². The molecule has 0 aliphatic heterocycles. The molecule has 1 aromatic carbocycles. The minimum atomic E-state index is 0.152. The van der Waals surface area contributed by atoms with Gasteiger partial charge in [-0.05, 0) is 24.1 Å². The number of nitrogens with two attached hydrogens (primary N) is 1. The summed E-state index contributed by atoms with van der Waals surface area (Å²) < 4.78 is 5.10. The van der Waals surface area contributed by atoms with Crippen molar-refractivity contribution in [2.24, 2.45) is 10.9 Å². The van der Waals surface area contributed by atoms with Crippen molar-refractivity contribution in [3.05, 3.63) is 29.8 Å². The predicted octanol–water partition coefficient (Wildman–Crippen LogP) is 2.16. The van der Waals surface area contributed by atoms with Crippen molar-refractivity contribution in [1.29, 1.82) is 0 Å². The van der Waals surface area contributed by atoms with Crippen LogP contribution in [0.4, 0.5) is 5.69 Å². The number of methoxy groups -OCH3 is 1. The van der Waals surface area contributed by atoms with Gasteiger partial charge in [-0.3, -0.25) is 0 Å². The van der Waals surface area contributed by atoms with E-state index in [1.54, 1.807) is 7.11 Å². The normalized spacial score (nSPS) is 13.3. The molecule has 4 N–H and O–H groups in total. The summed E-state index contributed by atoms with van der Waals surface area (Å²) in [5, 5.41) is 14.9. The molecule has 0 aliphatic rings. The molecule has 0 aromatic heterocycles. The van der Waals surface area contributed by atoms with Gasteiger partial charge in [-0.25, -0.2) is 0 Å². The molecule has 0 saturated carbocycles. The Labute approximate surface area is 108 Å². The van der Waals surface area contributed by atoms with Gasteiger partial charge in [0, 0.05) is 25.3 Å². The van der Waals surface area contributed by atoms with Gasteiger partial charge < -0.3 is 21.0 Å². The Balaban J connectivity index is 2.66. The number of ether oxygens (including phenoxy) is 1. The molecule has 0 heterocycles. The predicted molar refractivity (Wildman–Crippen MR) is 72.9 cm³/mol. The smallest absolute Gasteiger partial charge is 0.141 e. The van der Waals surface area contributed by atoms with Crippen LogP contribution in [-0.4, -0.2) is 24.2 Å². The molecular weight excluding hydrogens is 230 g/mol. The van der Waals surface area contributed by atoms with Gasteiger partial charge in [0.2, 0.25) is 0 Å². The number of hydrogen-bond donors (Lipinski definition) is 3. The maximum absolute atomic E-state index is 8.58. The van der Waals surface area contributed by atoms with Gasteiger partial charge in [-0.2, -0.15) is 0 Å². The van der Waals surface area contributed by atoms with Crippen LogP contribution in [0.25, 0.3) is 0 Å². The van der Waals surface area contributed by atoms with Crippen molar-refractivity contribution in [2.45, 2.75) is 32.4 Å². The first-order valence-electron chi connectivity index (χ1n) is 6.00. The van der Waals surface area contributed by atoms with Crippen molar-refractivity contribution in [3.8, 4) is 0 Å². The third kappa shape index (κ3) is 4.63. The lowest BCUT2D eigenvalue weighted by molar-refractivity contribution is 0.185. The van der Waals surface area contributed by atoms with Crippen LogP contribution in [0.1, 0.15) is 25.3 Å². The van der Waals surface area contributed by atoms with Crippen LogP contribution >= 0.6 is 0 Å². The maximum Gasteiger partial charge on any atom is 0.141 e. The Morgan fingerprint density at radius 3 is 2.94 bits per heavy atom. The van der Waals surface area contributed by atoms with Crippen molar-refractivity contribution >= 4 is 11.5 Å². The molecule has 1 atom stereocenters. The molecule has 5 heteroatoms. The standard InChI is InChI=1S/C13H21N3O2/c1-3-11(8-13(14)16-17)15-12-6-4-5-10(7-12)9-18-2/h4-7,11,15,17H,3,8-9H2,1-2H3,(H2,14,16). The number of nitrogens with one attached hydrogen (secondary N) is 1. The molecule has 0 amide bonds. The van der Waals surface area contributed by atoms with Crippen LogP contribution in [0.15, 0.2) is 29.4 Å². The summed E-state index contributed by atoms with van der Waals surface area (Å²) in [6.45, 7) is 2.65. The zero-order chi connectivity index (χ0) is 13.4. The van der Waals surface area contributed by atoms with Crippen LogP contribution in [0, 0.1) is 0 Å². The van der Waals surface area contributed by atoms with Crippen LogP contribution < -0.4 is 11.1 Å². The number of rotatable bonds is 7. The summed E-state index contributed by atoms with van der Waals surface area (Å²) in [4.78, 5) is 0. The minimum Gasteiger partial charge on any atom is -0.409 e. The number of amidine groups is 1. The quantitative estimate of drug-likeness (QED) is 0.300. The zero-order valence-electron chi connectivity index (χ0n) is 10.9. The molecule has 1 rings (SSSR count). The SMILES string of the molecule is CCC(CC(N)=NO)Nc1cccc(COC)c1. The summed E-state index contributed by atoms with van der Waals surface area (Å²) in [5.41, 5.74) is 7.65. The minimum absolute atomic E-state index is 0.152. The second-order valence-electron chi connectivity index (χ2n) is 4.18. The average molecular weight is 251 g/mol. The Morgan fingerprint density at radius 2 is 2.33 bits per heavy atom. The molecule has 1 aromatic rings. The Morgan fingerprint density at radius 1 is 1.56 bits per heavy atom. The molecule has 100 valence electrons. The number of hydrogen-bond acceptors (Lipinski definition) is 4. The first-order valence-corrected chi connectivity index (χ1v) is 6.00. The highest BCUT2D eigenvalue weighted by Gasteiger charge is 2.09. The second kappa shape index (κ2) is 7.55. The summed E-state index contributed by atoms with van der Waals surface area (Å²) in [6, 6.07) is 8.18. The van der Waals surface area contributed by atoms with Gasteiger partial charge in [0.15, 0.2) is 0 Å². The molecule has 0 bridgehead atoms. The number of benzene rings is 1. The van der Waals surface area contributed by atoms with E-state index in [0.717, 1.165) is 17.7 Å². The van der Waals surface area contributed by atoms with Gasteiger partial charge in [-0.1, -0.05) is 24.2 Å². The fourth-order valence-electron chi connectivity index (χ4n) is 1.74. The lowest BCUT2D eigenvalue weighted by Crippen LogP contribution is -2.26. The van der Waals surface area contributed by atoms with E-state index in [4.69, 9.17) is 15.7 Å². The molecule has 5 nitrogen and oxygen atoms in total. The van der Waals surface area contributed by atoms with Crippen molar-refractivity contribution < 1.29 is 9.94 Å². The summed E-state index contributed by atoms with van der Waals surface area (Å²) in [7, 11) is 1.67. The molecule has 0 saturated heterocycles. The van der Waals surface area contributed by atoms with Gasteiger partial charge in [0.05, 0.1) is 6.61 Å². The van der Waals surface area contributed by atoms with Gasteiger partial charge >= 0.3 is 0 Å². The van der Waals surface area contributed by atoms with E-state index in [2.05, 4.69) is 17.4 Å². The van der Waals surface area contributed by atoms with Crippen molar-refractivity contribution in [2.75, 3.05) is 12.4 Å². The highest BCUT2D eigenvalue weighted by atomic mass is 16.5. The van der Waals surface area contributed by atoms with Crippen LogP contribution in [-0.2, 0) is 11.3 Å². The molecule has 1 unspecified atom stereocenters. The first kappa shape index (κ1) is 14.3. The van der Waals surface area contributed by atoms with Gasteiger partial charge in [-0.15, -0.1) is 0 Å². The molecule has 0 spiro atoms. The highest BCUT2D eigenvalue weighted by molar-refractivity contribution is 5.80. The van der Waals surface area contributed by atoms with E-state index < -0.39 is 0 Å². The van der Waals surface area contributed by atoms with E-state index in [0.29, 0.717) is 13.0 Å². The molecule has 0 aliphatic carbocycles. The molecule has 0 fully saturated rings. The van der Waals surface area contributed by atoms with E-state index in [9.17, 15) is 0 Å². The fourth-order valence-corrected chi connectivity index (χ4v) is 1.74. The van der Waals surface area contributed by atoms with Crippen molar-refractivity contribution in [3.63, 3.8) is 0 Å². The Hall–Kier alpha value is -1.75. The number of anilines is 1. The maximum atomic E-state index is 8.58. The van der Waals surface area contributed by atoms with Crippen LogP contribution in [0.2, 0.25) is 0 Å². The monoisotopic (exact) mass is 251 g/mol. The third-order valence-electron chi connectivity index (χ3n) is 2.69. The lowest BCUT2D eigenvalue weighted by Gasteiger charge is -2.18. The molecule has 0 radical (unpaired) electrons. The van der Waals surface area contributed by atoms with E-state index in [1.165, 1.54) is 0 Å². The van der Waals surface area contributed by atoms with Crippen LogP contribution in [0.5, 0.6) is 0 Å². The molecular formula is C13H21N3O2. The van der Waals surface area contributed by atoms with E-state index in [-0.39, 0.29) is 11.9 Å². The number of oxime groups is 1. The van der Waals surface area contributed by atoms with Crippen LogP contribution in [0.3, 0.4) is 0 Å². The highest BCUT2D eigenvalue weighted by Crippen LogP contribution is 2.14. The van der Waals surface area contributed by atoms with Gasteiger partial charge in [0.1, 0.15) is 5.84 Å². The fraction of sp³-hybridized carbons (Fsp3) is 0.462. The van der Waals surface area contributed by atoms with Crippen molar-refractivity contribution in [1.82, 2.24) is 0 Å². The first-order chi connectivity index (χ1) is 8.69. The Bertz CT molecular complexity index is 394. The largest absolute Gasteiger partial charge is 0.409 e. The second-order valence-corrected chi connectivity index (χ2v) is 4.18. The number of nitrogens with zero attached hydrogens (tertiary/aromatic N) is 1. The summed E-state index contributed by atoms with van der Waals surface area (Å²) in [5.74, 6) is 0.238. The summed E-state index contributed by atoms with van der Waals surface area (Å²) in [6.07, 6.45) is 1.41. The average Bonchev–Trinajstić information content (AvgIpc) is 2.38. The van der Waals surface area contributed by atoms with E-state index in [1.807, 2.05) is 24.3 Å². The third-order valence-corrected chi connectivity index (χ3v) is 2.69. The molecule has 18 heavy (non-hydrogen) atoms.